The Labute approximate surface area is 84.8 Å². The second-order valence-corrected chi connectivity index (χ2v) is 2.70. The van der Waals surface area contributed by atoms with Gasteiger partial charge in [0, 0.05) is 5.56 Å². The molecule has 15 heavy (non-hydrogen) atoms. The Morgan fingerprint density at radius 2 is 2.13 bits per heavy atom. The summed E-state index contributed by atoms with van der Waals surface area (Å²) < 4.78 is 0. The molecule has 0 saturated carbocycles. The van der Waals surface area contributed by atoms with Gasteiger partial charge < -0.3 is 5.11 Å². The Balaban J connectivity index is 3.38. The van der Waals surface area contributed by atoms with Gasteiger partial charge in [0.2, 0.25) is 0 Å². The van der Waals surface area contributed by atoms with Crippen LogP contribution >= 0.6 is 0 Å². The van der Waals surface area contributed by atoms with E-state index in [2.05, 4.69) is 0 Å². The van der Waals surface area contributed by atoms with Crippen LogP contribution in [0.5, 0.6) is 5.75 Å². The predicted molar refractivity (Wildman–Crippen MR) is 48.8 cm³/mol. The quantitative estimate of drug-likeness (QED) is 0.574. The summed E-state index contributed by atoms with van der Waals surface area (Å²) in [6.07, 6.45) is -0.0987. The molecule has 0 bridgehead atoms. The van der Waals surface area contributed by atoms with Crippen molar-refractivity contribution in [3.05, 3.63) is 33.4 Å². The first-order valence-electron chi connectivity index (χ1n) is 3.87. The van der Waals surface area contributed by atoms with Gasteiger partial charge in [0.1, 0.15) is 17.4 Å². The highest BCUT2D eigenvalue weighted by Gasteiger charge is 2.17. The van der Waals surface area contributed by atoms with E-state index in [1.165, 1.54) is 0 Å². The summed E-state index contributed by atoms with van der Waals surface area (Å²) in [7, 11) is 0. The van der Waals surface area contributed by atoms with E-state index >= 15 is 0 Å². The van der Waals surface area contributed by atoms with Gasteiger partial charge >= 0.3 is 0 Å². The van der Waals surface area contributed by atoms with Gasteiger partial charge in [-0.05, 0) is 6.07 Å². The number of nitrogens with zero attached hydrogens (tertiary/aromatic N) is 3. The van der Waals surface area contributed by atoms with Crippen molar-refractivity contribution >= 4 is 5.69 Å². The van der Waals surface area contributed by atoms with Crippen LogP contribution in [-0.2, 0) is 6.42 Å². The Hall–Kier alpha value is -2.60. The maximum atomic E-state index is 10.5. The van der Waals surface area contributed by atoms with Crippen molar-refractivity contribution in [2.75, 3.05) is 0 Å². The average molecular weight is 203 g/mol. The fourth-order valence-electron chi connectivity index (χ4n) is 1.09. The molecule has 0 fully saturated rings. The molecule has 0 aliphatic heterocycles. The number of rotatable bonds is 2. The number of hydrogen-bond acceptors (Lipinski definition) is 5. The molecule has 0 amide bonds. The summed E-state index contributed by atoms with van der Waals surface area (Å²) in [5, 5.41) is 36.8. The van der Waals surface area contributed by atoms with Gasteiger partial charge in [-0.1, -0.05) is 0 Å². The molecule has 0 aliphatic carbocycles. The molecule has 0 saturated heterocycles. The second kappa shape index (κ2) is 4.07. The highest BCUT2D eigenvalue weighted by molar-refractivity contribution is 5.56. The fourth-order valence-corrected chi connectivity index (χ4v) is 1.09. The maximum absolute atomic E-state index is 10.5. The van der Waals surface area contributed by atoms with Gasteiger partial charge in [-0.15, -0.1) is 0 Å². The van der Waals surface area contributed by atoms with Gasteiger partial charge in [-0.3, -0.25) is 10.1 Å². The molecule has 0 radical (unpaired) electrons. The van der Waals surface area contributed by atoms with Crippen LogP contribution in [0.3, 0.4) is 0 Å². The second-order valence-electron chi connectivity index (χ2n) is 2.70. The number of nitriles is 2. The summed E-state index contributed by atoms with van der Waals surface area (Å²) in [5.74, 6) is -0.345. The molecule has 1 aromatic carbocycles. The minimum Gasteiger partial charge on any atom is -0.507 e. The third kappa shape index (κ3) is 2.01. The standard InChI is InChI=1S/C9H5N3O3/c10-2-1-6-3-7(5-11)8(12(14)15)4-9(6)13/h3-4,13H,1H2. The third-order valence-corrected chi connectivity index (χ3v) is 1.78. The highest BCUT2D eigenvalue weighted by atomic mass is 16.6. The molecule has 1 N–H and O–H groups in total. The lowest BCUT2D eigenvalue weighted by Gasteiger charge is -2.01. The van der Waals surface area contributed by atoms with E-state index < -0.39 is 10.6 Å². The van der Waals surface area contributed by atoms with E-state index in [1.807, 2.05) is 0 Å². The first kappa shape index (κ1) is 10.5. The van der Waals surface area contributed by atoms with Gasteiger partial charge in [0.25, 0.3) is 5.69 Å². The van der Waals surface area contributed by atoms with E-state index in [-0.39, 0.29) is 23.3 Å². The first-order chi connectivity index (χ1) is 7.10. The van der Waals surface area contributed by atoms with Crippen LogP contribution in [0.1, 0.15) is 11.1 Å². The molecular weight excluding hydrogens is 198 g/mol. The molecular formula is C9H5N3O3. The summed E-state index contributed by atoms with van der Waals surface area (Å²) in [6, 6.07) is 5.46. The molecule has 1 rings (SSSR count). The molecule has 0 spiro atoms. The summed E-state index contributed by atoms with van der Waals surface area (Å²) in [4.78, 5) is 9.72. The Kier molecular flexibility index (Phi) is 2.85. The van der Waals surface area contributed by atoms with Crippen molar-refractivity contribution in [3.63, 3.8) is 0 Å². The number of hydrogen-bond donors (Lipinski definition) is 1. The zero-order valence-electron chi connectivity index (χ0n) is 7.47. The average Bonchev–Trinajstić information content (AvgIpc) is 2.20. The minimum absolute atomic E-state index is 0.0987. The molecule has 0 atom stereocenters. The van der Waals surface area contributed by atoms with Gasteiger partial charge in [-0.25, -0.2) is 0 Å². The Morgan fingerprint density at radius 1 is 1.47 bits per heavy atom. The van der Waals surface area contributed by atoms with Crippen molar-refractivity contribution in [1.82, 2.24) is 0 Å². The minimum atomic E-state index is -0.756. The van der Waals surface area contributed by atoms with E-state index in [9.17, 15) is 15.2 Å². The lowest BCUT2D eigenvalue weighted by atomic mass is 10.1. The summed E-state index contributed by atoms with van der Waals surface area (Å²) in [5.41, 5.74) is -0.417. The third-order valence-electron chi connectivity index (χ3n) is 1.78. The van der Waals surface area contributed by atoms with Crippen molar-refractivity contribution in [2.24, 2.45) is 0 Å². The monoisotopic (exact) mass is 203 g/mol. The number of phenols is 1. The highest BCUT2D eigenvalue weighted by Crippen LogP contribution is 2.27. The zero-order valence-corrected chi connectivity index (χ0v) is 7.47. The van der Waals surface area contributed by atoms with Gasteiger partial charge in [0.15, 0.2) is 0 Å². The van der Waals surface area contributed by atoms with E-state index in [1.54, 1.807) is 12.1 Å². The SMILES string of the molecule is N#CCc1cc(C#N)c([N+](=O)[O-])cc1O. The normalized spacial score (nSPS) is 8.93. The molecule has 6 nitrogen and oxygen atoms in total. The lowest BCUT2D eigenvalue weighted by Crippen LogP contribution is -1.94. The number of benzene rings is 1. The van der Waals surface area contributed by atoms with Crippen molar-refractivity contribution in [3.8, 4) is 17.9 Å². The number of nitro benzene ring substituents is 1. The molecule has 0 aliphatic rings. The topological polar surface area (TPSA) is 111 Å². The number of aromatic hydroxyl groups is 1. The largest absolute Gasteiger partial charge is 0.507 e. The molecule has 6 heteroatoms. The van der Waals surface area contributed by atoms with Crippen molar-refractivity contribution in [2.45, 2.75) is 6.42 Å². The number of nitro groups is 1. The predicted octanol–water partition coefficient (Wildman–Crippen LogP) is 1.24. The van der Waals surface area contributed by atoms with Crippen LogP contribution in [0.2, 0.25) is 0 Å². The van der Waals surface area contributed by atoms with E-state index in [0.29, 0.717) is 0 Å². The maximum Gasteiger partial charge on any atom is 0.290 e. The van der Waals surface area contributed by atoms with Crippen LogP contribution in [0.4, 0.5) is 5.69 Å². The Morgan fingerprint density at radius 3 is 2.60 bits per heavy atom. The van der Waals surface area contributed by atoms with Crippen LogP contribution in [0.25, 0.3) is 0 Å². The molecule has 0 unspecified atom stereocenters. The van der Waals surface area contributed by atoms with Crippen molar-refractivity contribution < 1.29 is 10.0 Å². The van der Waals surface area contributed by atoms with Crippen LogP contribution < -0.4 is 0 Å². The lowest BCUT2D eigenvalue weighted by molar-refractivity contribution is -0.385. The zero-order chi connectivity index (χ0) is 11.4. The van der Waals surface area contributed by atoms with E-state index in [0.717, 1.165) is 12.1 Å². The first-order valence-corrected chi connectivity index (χ1v) is 3.87. The molecule has 0 aromatic heterocycles. The van der Waals surface area contributed by atoms with Crippen LogP contribution in [-0.4, -0.2) is 10.0 Å². The van der Waals surface area contributed by atoms with Crippen LogP contribution in [0, 0.1) is 32.8 Å². The van der Waals surface area contributed by atoms with Gasteiger partial charge in [0.05, 0.1) is 23.5 Å². The van der Waals surface area contributed by atoms with Gasteiger partial charge in [-0.2, -0.15) is 10.5 Å². The molecule has 1 aromatic rings. The Bertz CT molecular complexity index is 497. The summed E-state index contributed by atoms with van der Waals surface area (Å²) >= 11 is 0. The summed E-state index contributed by atoms with van der Waals surface area (Å²) in [6.45, 7) is 0. The number of phenolic OH excluding ortho intramolecular Hbond substituents is 1. The molecule has 74 valence electrons. The fraction of sp³-hybridized carbons (Fsp3) is 0.111. The smallest absolute Gasteiger partial charge is 0.290 e. The van der Waals surface area contributed by atoms with E-state index in [4.69, 9.17) is 10.5 Å². The van der Waals surface area contributed by atoms with Crippen LogP contribution in [0.15, 0.2) is 12.1 Å². The van der Waals surface area contributed by atoms with Crippen molar-refractivity contribution in [1.29, 1.82) is 10.5 Å². The molecule has 0 heterocycles.